The van der Waals surface area contributed by atoms with E-state index in [4.69, 9.17) is 19.4 Å². The Morgan fingerprint density at radius 2 is 1.29 bits per heavy atom. The minimum Gasteiger partial charge on any atom is -0.455 e. The standard InChI is InChI=1S/C47H37N3O/c1-4-33(25-24-32(2)47(3)30-12-7-13-31-47)38-20-14-21-39-42-40(22-15-23-41(42)51-43(38)39)46-49-44(36-18-10-6-11-19-36)48-45(50-46)37-28-26-35(27-29-37)34-16-8-5-9-17-34/h4-30H,1,31H2,2-3H3/b32-24+,33-25+. The molecule has 0 bridgehead atoms. The minimum absolute atomic E-state index is 0.0102. The first-order chi connectivity index (χ1) is 25.0. The molecule has 0 spiro atoms. The highest BCUT2D eigenvalue weighted by atomic mass is 16.3. The molecule has 0 N–H and O–H groups in total. The van der Waals surface area contributed by atoms with Gasteiger partial charge in [-0.1, -0.05) is 177 Å². The van der Waals surface area contributed by atoms with Gasteiger partial charge in [-0.3, -0.25) is 0 Å². The summed E-state index contributed by atoms with van der Waals surface area (Å²) in [4.78, 5) is 15.1. The van der Waals surface area contributed by atoms with Crippen LogP contribution in [0.3, 0.4) is 0 Å². The molecule has 51 heavy (non-hydrogen) atoms. The van der Waals surface area contributed by atoms with Crippen molar-refractivity contribution in [1.82, 2.24) is 15.0 Å². The maximum Gasteiger partial charge on any atom is 0.164 e. The maximum absolute atomic E-state index is 6.66. The molecule has 0 radical (unpaired) electrons. The van der Waals surface area contributed by atoms with Crippen LogP contribution in [0.15, 0.2) is 180 Å². The second-order valence-corrected chi connectivity index (χ2v) is 13.2. The molecule has 8 rings (SSSR count). The molecule has 1 aliphatic rings. The molecule has 0 saturated carbocycles. The van der Waals surface area contributed by atoms with Crippen molar-refractivity contribution in [2.24, 2.45) is 5.41 Å². The van der Waals surface area contributed by atoms with Crippen LogP contribution in [0.2, 0.25) is 0 Å². The summed E-state index contributed by atoms with van der Waals surface area (Å²) in [6.45, 7) is 8.65. The molecule has 2 heterocycles. The van der Waals surface area contributed by atoms with E-state index in [0.29, 0.717) is 17.5 Å². The molecule has 7 aromatic rings. The van der Waals surface area contributed by atoms with Gasteiger partial charge >= 0.3 is 0 Å². The fraction of sp³-hybridized carbons (Fsp3) is 0.0851. The van der Waals surface area contributed by atoms with Gasteiger partial charge in [-0.25, -0.2) is 15.0 Å². The van der Waals surface area contributed by atoms with E-state index in [9.17, 15) is 0 Å². The summed E-state index contributed by atoms with van der Waals surface area (Å²) >= 11 is 0. The number of fused-ring (bicyclic) bond motifs is 3. The van der Waals surface area contributed by atoms with Gasteiger partial charge in [0.05, 0.1) is 0 Å². The number of benzene rings is 5. The van der Waals surface area contributed by atoms with Crippen molar-refractivity contribution in [3.05, 3.63) is 182 Å². The number of hydrogen-bond donors (Lipinski definition) is 0. The van der Waals surface area contributed by atoms with E-state index in [1.165, 1.54) is 5.57 Å². The Labute approximate surface area is 298 Å². The highest BCUT2D eigenvalue weighted by Crippen LogP contribution is 2.40. The molecule has 1 aliphatic carbocycles. The van der Waals surface area contributed by atoms with Crippen LogP contribution in [-0.2, 0) is 0 Å². The van der Waals surface area contributed by atoms with Gasteiger partial charge in [-0.05, 0) is 36.1 Å². The molecule has 0 saturated heterocycles. The van der Waals surface area contributed by atoms with Gasteiger partial charge in [-0.15, -0.1) is 0 Å². The quantitative estimate of drug-likeness (QED) is 0.152. The third kappa shape index (κ3) is 6.17. The van der Waals surface area contributed by atoms with Crippen molar-refractivity contribution in [3.63, 3.8) is 0 Å². The Kier molecular flexibility index (Phi) is 8.43. The van der Waals surface area contributed by atoms with Crippen molar-refractivity contribution >= 4 is 27.5 Å². The third-order valence-electron chi connectivity index (χ3n) is 9.88. The molecule has 246 valence electrons. The average molecular weight is 660 g/mol. The SMILES string of the molecule is C=C/C(=C\C=C(/C)C1(C)C=CC=CC1)c1cccc2c1oc1cccc(-c3nc(-c4ccccc4)nc(-c4ccc(-c5ccccc5)cc4)n3)c12. The molecular weight excluding hydrogens is 623 g/mol. The number of aromatic nitrogens is 3. The Morgan fingerprint density at radius 3 is 1.98 bits per heavy atom. The molecule has 0 aliphatic heterocycles. The van der Waals surface area contributed by atoms with Crippen LogP contribution in [0.5, 0.6) is 0 Å². The van der Waals surface area contributed by atoms with E-state index in [2.05, 4.69) is 130 Å². The van der Waals surface area contributed by atoms with Gasteiger partial charge in [0.15, 0.2) is 17.5 Å². The normalized spacial score (nSPS) is 16.2. The van der Waals surface area contributed by atoms with Crippen molar-refractivity contribution in [2.75, 3.05) is 0 Å². The maximum atomic E-state index is 6.66. The van der Waals surface area contributed by atoms with E-state index >= 15 is 0 Å². The van der Waals surface area contributed by atoms with E-state index in [-0.39, 0.29) is 5.41 Å². The Morgan fingerprint density at radius 1 is 0.667 bits per heavy atom. The average Bonchev–Trinajstić information content (AvgIpc) is 3.58. The third-order valence-corrected chi connectivity index (χ3v) is 9.88. The van der Waals surface area contributed by atoms with E-state index in [1.54, 1.807) is 0 Å². The number of allylic oxidation sites excluding steroid dienone is 9. The summed E-state index contributed by atoms with van der Waals surface area (Å²) < 4.78 is 6.66. The monoisotopic (exact) mass is 659 g/mol. The highest BCUT2D eigenvalue weighted by Gasteiger charge is 2.23. The predicted molar refractivity (Wildman–Crippen MR) is 212 cm³/mol. The first kappa shape index (κ1) is 31.9. The lowest BCUT2D eigenvalue weighted by Gasteiger charge is -2.27. The number of hydrogen-bond acceptors (Lipinski definition) is 4. The summed E-state index contributed by atoms with van der Waals surface area (Å²) in [6.07, 6.45) is 16.0. The van der Waals surface area contributed by atoms with Crippen molar-refractivity contribution in [1.29, 1.82) is 0 Å². The van der Waals surface area contributed by atoms with Gasteiger partial charge < -0.3 is 4.42 Å². The second kappa shape index (κ2) is 13.5. The van der Waals surface area contributed by atoms with Crippen molar-refractivity contribution in [3.8, 4) is 45.3 Å². The van der Waals surface area contributed by atoms with E-state index < -0.39 is 0 Å². The first-order valence-corrected chi connectivity index (χ1v) is 17.3. The van der Waals surface area contributed by atoms with E-state index in [0.717, 1.165) is 67.3 Å². The van der Waals surface area contributed by atoms with Crippen LogP contribution in [-0.4, -0.2) is 15.0 Å². The molecule has 1 unspecified atom stereocenters. The van der Waals surface area contributed by atoms with Crippen LogP contribution in [0.1, 0.15) is 25.8 Å². The number of furan rings is 1. The highest BCUT2D eigenvalue weighted by molar-refractivity contribution is 6.14. The lowest BCUT2D eigenvalue weighted by molar-refractivity contribution is 0.518. The lowest BCUT2D eigenvalue weighted by Crippen LogP contribution is -2.15. The van der Waals surface area contributed by atoms with Gasteiger partial charge in [0, 0.05) is 38.4 Å². The smallest absolute Gasteiger partial charge is 0.164 e. The van der Waals surface area contributed by atoms with Crippen LogP contribution >= 0.6 is 0 Å². The molecular formula is C47H37N3O. The fourth-order valence-electron chi connectivity index (χ4n) is 6.74. The second-order valence-electron chi connectivity index (χ2n) is 13.2. The topological polar surface area (TPSA) is 51.8 Å². The zero-order valence-electron chi connectivity index (χ0n) is 28.8. The molecule has 4 nitrogen and oxygen atoms in total. The Bertz CT molecular complexity index is 2520. The molecule has 0 fully saturated rings. The number of rotatable bonds is 8. The number of nitrogens with zero attached hydrogens (tertiary/aromatic N) is 3. The minimum atomic E-state index is -0.0102. The molecule has 4 heteroatoms. The van der Waals surface area contributed by atoms with Crippen LogP contribution < -0.4 is 0 Å². The summed E-state index contributed by atoms with van der Waals surface area (Å²) in [7, 11) is 0. The first-order valence-electron chi connectivity index (χ1n) is 17.3. The lowest BCUT2D eigenvalue weighted by atomic mass is 9.77. The zero-order valence-corrected chi connectivity index (χ0v) is 28.8. The van der Waals surface area contributed by atoms with Gasteiger partial charge in [0.25, 0.3) is 0 Å². The van der Waals surface area contributed by atoms with Gasteiger partial charge in [0.2, 0.25) is 0 Å². The molecule has 0 amide bonds. The largest absolute Gasteiger partial charge is 0.455 e. The molecule has 5 aromatic carbocycles. The number of para-hydroxylation sites is 1. The Hall–Kier alpha value is -6.39. The van der Waals surface area contributed by atoms with E-state index in [1.807, 2.05) is 54.6 Å². The Balaban J connectivity index is 1.26. The zero-order chi connectivity index (χ0) is 34.8. The van der Waals surface area contributed by atoms with Crippen molar-refractivity contribution < 1.29 is 4.42 Å². The molecule has 1 atom stereocenters. The summed E-state index contributed by atoms with van der Waals surface area (Å²) in [5.74, 6) is 1.81. The van der Waals surface area contributed by atoms with Crippen LogP contribution in [0.25, 0.3) is 72.8 Å². The van der Waals surface area contributed by atoms with Gasteiger partial charge in [-0.2, -0.15) is 0 Å². The fourth-order valence-corrected chi connectivity index (χ4v) is 6.74. The summed E-state index contributed by atoms with van der Waals surface area (Å²) in [5, 5.41) is 1.96. The summed E-state index contributed by atoms with van der Waals surface area (Å²) in [6, 6.07) is 41.2. The van der Waals surface area contributed by atoms with Crippen LogP contribution in [0, 0.1) is 5.41 Å². The summed E-state index contributed by atoms with van der Waals surface area (Å²) in [5.41, 5.74) is 9.85. The predicted octanol–water partition coefficient (Wildman–Crippen LogP) is 12.5. The molecule has 2 aromatic heterocycles. The van der Waals surface area contributed by atoms with Gasteiger partial charge in [0.1, 0.15) is 11.2 Å². The van der Waals surface area contributed by atoms with Crippen LogP contribution in [0.4, 0.5) is 0 Å². The van der Waals surface area contributed by atoms with Crippen molar-refractivity contribution in [2.45, 2.75) is 20.3 Å².